The van der Waals surface area contributed by atoms with Crippen LogP contribution in [0.25, 0.3) is 0 Å². The molecule has 7 heteroatoms. The normalized spacial score (nSPS) is 16.7. The van der Waals surface area contributed by atoms with Gasteiger partial charge in [-0.3, -0.25) is 0 Å². The average molecular weight is 314 g/mol. The summed E-state index contributed by atoms with van der Waals surface area (Å²) in [6.07, 6.45) is 2.17. The number of nitrogens with zero attached hydrogens (tertiary/aromatic N) is 3. The minimum atomic E-state index is -0.495. The quantitative estimate of drug-likeness (QED) is 0.841. The molecule has 0 saturated carbocycles. The van der Waals surface area contributed by atoms with Gasteiger partial charge in [0.2, 0.25) is 5.95 Å². The van der Waals surface area contributed by atoms with Crippen LogP contribution in [0.1, 0.15) is 31.9 Å². The largest absolute Gasteiger partial charge is 0.508 e. The molecule has 1 unspecified atom stereocenters. The number of phenols is 1. The lowest BCUT2D eigenvalue weighted by Gasteiger charge is -2.28. The first-order valence-corrected chi connectivity index (χ1v) is 7.45. The van der Waals surface area contributed by atoms with Crippen LogP contribution < -0.4 is 5.32 Å². The SMILES string of the molecule is CCCOC(=O)C1=C(C)Nc2ncnn2C1c1cccc(O)c1. The molecule has 0 fully saturated rings. The molecule has 1 atom stereocenters. The molecule has 0 aliphatic carbocycles. The zero-order valence-corrected chi connectivity index (χ0v) is 13.0. The average Bonchev–Trinajstić information content (AvgIpc) is 2.99. The van der Waals surface area contributed by atoms with Crippen molar-refractivity contribution in [2.45, 2.75) is 26.3 Å². The van der Waals surface area contributed by atoms with Crippen molar-refractivity contribution in [3.05, 3.63) is 47.4 Å². The van der Waals surface area contributed by atoms with Crippen LogP contribution in [0.2, 0.25) is 0 Å². The number of anilines is 1. The monoisotopic (exact) mass is 314 g/mol. The van der Waals surface area contributed by atoms with E-state index in [0.29, 0.717) is 23.8 Å². The second-order valence-corrected chi connectivity index (χ2v) is 5.33. The molecule has 1 aromatic heterocycles. The highest BCUT2D eigenvalue weighted by molar-refractivity contribution is 5.92. The van der Waals surface area contributed by atoms with Crippen molar-refractivity contribution in [3.63, 3.8) is 0 Å². The Kier molecular flexibility index (Phi) is 4.01. The molecule has 0 spiro atoms. The number of carbonyl (C=O) groups is 1. The number of esters is 1. The molecular weight excluding hydrogens is 296 g/mol. The van der Waals surface area contributed by atoms with Crippen LogP contribution >= 0.6 is 0 Å². The van der Waals surface area contributed by atoms with Gasteiger partial charge in [-0.05, 0) is 31.0 Å². The van der Waals surface area contributed by atoms with Crippen LogP contribution in [0.3, 0.4) is 0 Å². The summed E-state index contributed by atoms with van der Waals surface area (Å²) in [5.41, 5.74) is 1.86. The summed E-state index contributed by atoms with van der Waals surface area (Å²) < 4.78 is 6.93. The van der Waals surface area contributed by atoms with E-state index in [1.807, 2.05) is 13.0 Å². The number of nitrogens with one attached hydrogen (secondary N) is 1. The van der Waals surface area contributed by atoms with Gasteiger partial charge < -0.3 is 15.2 Å². The zero-order valence-electron chi connectivity index (χ0n) is 13.0. The van der Waals surface area contributed by atoms with Crippen LogP contribution in [0.5, 0.6) is 5.75 Å². The molecule has 7 nitrogen and oxygen atoms in total. The lowest BCUT2D eigenvalue weighted by molar-refractivity contribution is -0.139. The van der Waals surface area contributed by atoms with Crippen LogP contribution in [0, 0.1) is 0 Å². The van der Waals surface area contributed by atoms with E-state index in [1.165, 1.54) is 6.33 Å². The van der Waals surface area contributed by atoms with Crippen molar-refractivity contribution < 1.29 is 14.6 Å². The number of allylic oxidation sites excluding steroid dienone is 1. The van der Waals surface area contributed by atoms with E-state index in [-0.39, 0.29) is 5.75 Å². The summed E-state index contributed by atoms with van der Waals surface area (Å²) in [5.74, 6) is 0.274. The van der Waals surface area contributed by atoms with Crippen LogP contribution in [-0.4, -0.2) is 32.4 Å². The lowest BCUT2D eigenvalue weighted by atomic mass is 9.95. The molecule has 0 saturated heterocycles. The van der Waals surface area contributed by atoms with Crippen molar-refractivity contribution in [3.8, 4) is 5.75 Å². The molecule has 1 aromatic carbocycles. The number of fused-ring (bicyclic) bond motifs is 1. The van der Waals surface area contributed by atoms with Gasteiger partial charge in [-0.2, -0.15) is 10.1 Å². The minimum Gasteiger partial charge on any atom is -0.508 e. The van der Waals surface area contributed by atoms with E-state index < -0.39 is 12.0 Å². The van der Waals surface area contributed by atoms with Gasteiger partial charge in [0.05, 0.1) is 12.2 Å². The molecule has 120 valence electrons. The maximum Gasteiger partial charge on any atom is 0.338 e. The van der Waals surface area contributed by atoms with E-state index >= 15 is 0 Å². The Morgan fingerprint density at radius 3 is 3.04 bits per heavy atom. The van der Waals surface area contributed by atoms with E-state index in [2.05, 4.69) is 15.4 Å². The van der Waals surface area contributed by atoms with Crippen molar-refractivity contribution in [1.82, 2.24) is 14.8 Å². The van der Waals surface area contributed by atoms with Gasteiger partial charge in [-0.1, -0.05) is 19.1 Å². The molecule has 0 radical (unpaired) electrons. The number of phenolic OH excluding ortho intramolecular Hbond substituents is 1. The van der Waals surface area contributed by atoms with Crippen LogP contribution in [0.4, 0.5) is 5.95 Å². The Morgan fingerprint density at radius 2 is 2.30 bits per heavy atom. The first-order valence-electron chi connectivity index (χ1n) is 7.45. The fraction of sp³-hybridized carbons (Fsp3) is 0.312. The smallest absolute Gasteiger partial charge is 0.338 e. The topological polar surface area (TPSA) is 89.3 Å². The Hall–Kier alpha value is -2.83. The summed E-state index contributed by atoms with van der Waals surface area (Å²) in [4.78, 5) is 16.7. The number of benzene rings is 1. The summed E-state index contributed by atoms with van der Waals surface area (Å²) in [7, 11) is 0. The van der Waals surface area contributed by atoms with E-state index in [9.17, 15) is 9.90 Å². The van der Waals surface area contributed by atoms with Gasteiger partial charge in [0.1, 0.15) is 18.1 Å². The molecule has 0 bridgehead atoms. The Labute approximate surface area is 133 Å². The summed E-state index contributed by atoms with van der Waals surface area (Å²) in [6.45, 7) is 4.10. The van der Waals surface area contributed by atoms with Gasteiger partial charge in [0.15, 0.2) is 0 Å². The van der Waals surface area contributed by atoms with Crippen LogP contribution in [-0.2, 0) is 9.53 Å². The second-order valence-electron chi connectivity index (χ2n) is 5.33. The number of hydrogen-bond donors (Lipinski definition) is 2. The molecule has 2 aromatic rings. The van der Waals surface area contributed by atoms with Gasteiger partial charge in [-0.15, -0.1) is 0 Å². The van der Waals surface area contributed by atoms with Crippen molar-refractivity contribution >= 4 is 11.9 Å². The maximum atomic E-state index is 12.5. The highest BCUT2D eigenvalue weighted by atomic mass is 16.5. The van der Waals surface area contributed by atoms with Gasteiger partial charge in [-0.25, -0.2) is 9.48 Å². The van der Waals surface area contributed by atoms with E-state index in [1.54, 1.807) is 29.8 Å². The number of carbonyl (C=O) groups excluding carboxylic acids is 1. The Balaban J connectivity index is 2.09. The third-order valence-corrected chi connectivity index (χ3v) is 3.64. The third kappa shape index (κ3) is 2.77. The highest BCUT2D eigenvalue weighted by Crippen LogP contribution is 2.36. The van der Waals surface area contributed by atoms with Gasteiger partial charge >= 0.3 is 5.97 Å². The minimum absolute atomic E-state index is 0.127. The van der Waals surface area contributed by atoms with Crippen molar-refractivity contribution in [2.75, 3.05) is 11.9 Å². The molecule has 0 amide bonds. The fourth-order valence-electron chi connectivity index (χ4n) is 2.63. The first-order chi connectivity index (χ1) is 11.1. The van der Waals surface area contributed by atoms with E-state index in [4.69, 9.17) is 4.74 Å². The summed E-state index contributed by atoms with van der Waals surface area (Å²) >= 11 is 0. The molecule has 2 heterocycles. The molecular formula is C16H18N4O3. The number of aromatic nitrogens is 3. The number of aromatic hydroxyl groups is 1. The second kappa shape index (κ2) is 6.12. The van der Waals surface area contributed by atoms with Gasteiger partial charge in [0.25, 0.3) is 0 Å². The lowest BCUT2D eigenvalue weighted by Crippen LogP contribution is -2.29. The number of rotatable bonds is 4. The Morgan fingerprint density at radius 1 is 1.48 bits per heavy atom. The van der Waals surface area contributed by atoms with Crippen molar-refractivity contribution in [1.29, 1.82) is 0 Å². The summed E-state index contributed by atoms with van der Waals surface area (Å²) in [6, 6.07) is 6.26. The molecule has 1 aliphatic heterocycles. The van der Waals surface area contributed by atoms with Crippen LogP contribution in [0.15, 0.2) is 41.9 Å². The molecule has 2 N–H and O–H groups in total. The van der Waals surface area contributed by atoms with E-state index in [0.717, 1.165) is 12.0 Å². The third-order valence-electron chi connectivity index (χ3n) is 3.64. The highest BCUT2D eigenvalue weighted by Gasteiger charge is 2.34. The number of ether oxygens (including phenoxy) is 1. The van der Waals surface area contributed by atoms with Crippen molar-refractivity contribution in [2.24, 2.45) is 0 Å². The fourth-order valence-corrected chi connectivity index (χ4v) is 2.63. The first kappa shape index (κ1) is 15.1. The predicted octanol–water partition coefficient (Wildman–Crippen LogP) is 2.23. The Bertz CT molecular complexity index is 766. The zero-order chi connectivity index (χ0) is 16.4. The summed E-state index contributed by atoms with van der Waals surface area (Å²) in [5, 5.41) is 17.1. The maximum absolute atomic E-state index is 12.5. The number of hydrogen-bond acceptors (Lipinski definition) is 6. The predicted molar refractivity (Wildman–Crippen MR) is 83.8 cm³/mol. The molecule has 1 aliphatic rings. The van der Waals surface area contributed by atoms with Gasteiger partial charge in [0, 0.05) is 5.70 Å². The standard InChI is InChI=1S/C16H18N4O3/c1-3-7-23-15(22)13-10(2)19-16-17-9-18-20(16)14(13)11-5-4-6-12(21)8-11/h4-6,8-9,14,21H,3,7H2,1-2H3,(H,17,18,19). The molecule has 23 heavy (non-hydrogen) atoms. The molecule has 3 rings (SSSR count).